The van der Waals surface area contributed by atoms with Gasteiger partial charge in [0.05, 0.1) is 21.1 Å². The Bertz CT molecular complexity index is 408. The summed E-state index contributed by atoms with van der Waals surface area (Å²) in [6, 6.07) is 3.63. The van der Waals surface area contributed by atoms with Crippen LogP contribution < -0.4 is 11.5 Å². The van der Waals surface area contributed by atoms with Gasteiger partial charge in [0.25, 0.3) is 0 Å². The van der Waals surface area contributed by atoms with Gasteiger partial charge in [0.2, 0.25) is 0 Å². The third-order valence-electron chi connectivity index (χ3n) is 1.95. The van der Waals surface area contributed by atoms with E-state index < -0.39 is 0 Å². The number of hydrogen-bond acceptors (Lipinski definition) is 4. The van der Waals surface area contributed by atoms with Crippen LogP contribution >= 0.6 is 11.3 Å². The number of hydrogen-bond donors (Lipinski definition) is 2. The second-order valence-corrected chi connectivity index (χ2v) is 3.97. The summed E-state index contributed by atoms with van der Waals surface area (Å²) < 4.78 is 1.01. The Kier molecular flexibility index (Phi) is 1.84. The van der Waals surface area contributed by atoms with Gasteiger partial charge in [0, 0.05) is 0 Å². The quantitative estimate of drug-likeness (QED) is 0.681. The van der Waals surface area contributed by atoms with E-state index in [1.54, 1.807) is 17.4 Å². The molecule has 0 aliphatic carbocycles. The second-order valence-electron chi connectivity index (χ2n) is 2.88. The van der Waals surface area contributed by atoms with Crippen molar-refractivity contribution < 1.29 is 0 Å². The zero-order valence-electron chi connectivity index (χ0n) is 7.37. The average molecular weight is 193 g/mol. The third-order valence-corrected chi connectivity index (χ3v) is 3.20. The van der Waals surface area contributed by atoms with E-state index in [9.17, 15) is 0 Å². The largest absolute Gasteiger partial charge is 0.398 e. The van der Waals surface area contributed by atoms with E-state index in [1.165, 1.54) is 0 Å². The van der Waals surface area contributed by atoms with Crippen molar-refractivity contribution in [3.05, 3.63) is 17.1 Å². The standard InChI is InChI=1S/C9H11N3S/c1-2-7-12-8-5(10)3-4-6(11)9(8)13-7/h3-4H,2,10-11H2,1H3. The van der Waals surface area contributed by atoms with Crippen molar-refractivity contribution in [1.29, 1.82) is 0 Å². The summed E-state index contributed by atoms with van der Waals surface area (Å²) in [7, 11) is 0. The number of nitrogens with zero attached hydrogens (tertiary/aromatic N) is 1. The Labute approximate surface area is 80.4 Å². The first-order chi connectivity index (χ1) is 6.22. The Hall–Kier alpha value is -1.29. The molecule has 0 saturated carbocycles. The minimum atomic E-state index is 0.708. The molecule has 0 spiro atoms. The van der Waals surface area contributed by atoms with Crippen LogP contribution in [0.2, 0.25) is 0 Å². The molecule has 0 saturated heterocycles. The number of nitrogen functional groups attached to an aromatic ring is 2. The van der Waals surface area contributed by atoms with E-state index in [4.69, 9.17) is 11.5 Å². The third kappa shape index (κ3) is 1.23. The predicted molar refractivity (Wildman–Crippen MR) is 57.8 cm³/mol. The molecule has 3 nitrogen and oxygen atoms in total. The van der Waals surface area contributed by atoms with Crippen LogP contribution in [0.5, 0.6) is 0 Å². The van der Waals surface area contributed by atoms with Gasteiger partial charge in [0.15, 0.2) is 0 Å². The van der Waals surface area contributed by atoms with Gasteiger partial charge in [-0.3, -0.25) is 0 Å². The number of fused-ring (bicyclic) bond motifs is 1. The summed E-state index contributed by atoms with van der Waals surface area (Å²) in [4.78, 5) is 4.41. The number of rotatable bonds is 1. The summed E-state index contributed by atoms with van der Waals surface area (Å²) in [6.45, 7) is 2.07. The van der Waals surface area contributed by atoms with E-state index in [-0.39, 0.29) is 0 Å². The Morgan fingerprint density at radius 2 is 2.00 bits per heavy atom. The molecule has 0 fully saturated rings. The SMILES string of the molecule is CCc1nc2c(N)ccc(N)c2s1. The zero-order valence-corrected chi connectivity index (χ0v) is 8.19. The van der Waals surface area contributed by atoms with Gasteiger partial charge in [-0.15, -0.1) is 11.3 Å². The molecule has 0 atom stereocenters. The van der Waals surface area contributed by atoms with Crippen LogP contribution in [-0.2, 0) is 6.42 Å². The van der Waals surface area contributed by atoms with Crippen LogP contribution in [0.3, 0.4) is 0 Å². The van der Waals surface area contributed by atoms with Crippen molar-refractivity contribution in [3.8, 4) is 0 Å². The summed E-state index contributed by atoms with van der Waals surface area (Å²) >= 11 is 1.62. The van der Waals surface area contributed by atoms with Crippen LogP contribution in [0.1, 0.15) is 11.9 Å². The number of benzene rings is 1. The van der Waals surface area contributed by atoms with E-state index in [0.717, 1.165) is 27.3 Å². The highest BCUT2D eigenvalue weighted by Gasteiger charge is 2.07. The maximum Gasteiger partial charge on any atom is 0.107 e. The van der Waals surface area contributed by atoms with Gasteiger partial charge in [0.1, 0.15) is 5.52 Å². The van der Waals surface area contributed by atoms with Crippen LogP contribution in [0.25, 0.3) is 10.2 Å². The molecular weight excluding hydrogens is 182 g/mol. The molecule has 4 N–H and O–H groups in total. The Morgan fingerprint density at radius 3 is 2.62 bits per heavy atom. The minimum Gasteiger partial charge on any atom is -0.398 e. The smallest absolute Gasteiger partial charge is 0.107 e. The zero-order chi connectivity index (χ0) is 9.42. The first-order valence-corrected chi connectivity index (χ1v) is 4.97. The van der Waals surface area contributed by atoms with Crippen molar-refractivity contribution in [3.63, 3.8) is 0 Å². The monoisotopic (exact) mass is 193 g/mol. The number of anilines is 2. The fourth-order valence-electron chi connectivity index (χ4n) is 1.24. The molecule has 0 amide bonds. The minimum absolute atomic E-state index is 0.708. The first-order valence-electron chi connectivity index (χ1n) is 4.15. The fraction of sp³-hybridized carbons (Fsp3) is 0.222. The summed E-state index contributed by atoms with van der Waals surface area (Å²) in [5, 5.41) is 1.08. The Balaban J connectivity index is 2.80. The van der Waals surface area contributed by atoms with E-state index in [0.29, 0.717) is 5.69 Å². The highest BCUT2D eigenvalue weighted by molar-refractivity contribution is 7.19. The summed E-state index contributed by atoms with van der Waals surface area (Å²) in [5.41, 5.74) is 13.9. The van der Waals surface area contributed by atoms with Gasteiger partial charge in [-0.25, -0.2) is 4.98 Å². The van der Waals surface area contributed by atoms with Crippen molar-refractivity contribution in [2.75, 3.05) is 11.5 Å². The molecule has 2 aromatic rings. The lowest BCUT2D eigenvalue weighted by Crippen LogP contribution is -1.90. The molecule has 1 aromatic heterocycles. The molecule has 4 heteroatoms. The van der Waals surface area contributed by atoms with E-state index in [1.807, 2.05) is 6.07 Å². The lowest BCUT2D eigenvalue weighted by molar-refractivity contribution is 1.11. The second kappa shape index (κ2) is 2.88. The first kappa shape index (κ1) is 8.31. The van der Waals surface area contributed by atoms with E-state index in [2.05, 4.69) is 11.9 Å². The van der Waals surface area contributed by atoms with Gasteiger partial charge >= 0.3 is 0 Å². The van der Waals surface area contributed by atoms with E-state index >= 15 is 0 Å². The molecule has 2 rings (SSSR count). The molecule has 0 aliphatic rings. The molecule has 68 valence electrons. The number of nitrogens with two attached hydrogens (primary N) is 2. The predicted octanol–water partition coefficient (Wildman–Crippen LogP) is 2.02. The maximum absolute atomic E-state index is 5.81. The fourth-order valence-corrected chi connectivity index (χ4v) is 2.20. The Morgan fingerprint density at radius 1 is 1.31 bits per heavy atom. The molecular formula is C9H11N3S. The van der Waals surface area contributed by atoms with Crippen LogP contribution in [-0.4, -0.2) is 4.98 Å². The van der Waals surface area contributed by atoms with Crippen LogP contribution in [0, 0.1) is 0 Å². The van der Waals surface area contributed by atoms with Crippen LogP contribution in [0.15, 0.2) is 12.1 Å². The summed E-state index contributed by atoms with van der Waals surface area (Å²) in [6.07, 6.45) is 0.929. The molecule has 0 unspecified atom stereocenters. The number of aromatic nitrogens is 1. The van der Waals surface area contributed by atoms with Crippen molar-refractivity contribution in [1.82, 2.24) is 4.98 Å². The molecule has 13 heavy (non-hydrogen) atoms. The highest BCUT2D eigenvalue weighted by Crippen LogP contribution is 2.31. The van der Waals surface area contributed by atoms with Crippen molar-refractivity contribution >= 4 is 32.9 Å². The molecule has 0 radical (unpaired) electrons. The lowest BCUT2D eigenvalue weighted by atomic mass is 10.2. The highest BCUT2D eigenvalue weighted by atomic mass is 32.1. The van der Waals surface area contributed by atoms with Crippen molar-refractivity contribution in [2.24, 2.45) is 0 Å². The van der Waals surface area contributed by atoms with Gasteiger partial charge in [-0.05, 0) is 18.6 Å². The number of thiazole rings is 1. The molecule has 1 heterocycles. The lowest BCUT2D eigenvalue weighted by Gasteiger charge is -1.96. The average Bonchev–Trinajstić information content (AvgIpc) is 2.56. The van der Waals surface area contributed by atoms with Crippen molar-refractivity contribution in [2.45, 2.75) is 13.3 Å². The normalized spacial score (nSPS) is 10.8. The molecule has 1 aromatic carbocycles. The topological polar surface area (TPSA) is 64.9 Å². The summed E-state index contributed by atoms with van der Waals surface area (Å²) in [5.74, 6) is 0. The molecule has 0 bridgehead atoms. The maximum atomic E-state index is 5.81. The number of aryl methyl sites for hydroxylation is 1. The molecule has 0 aliphatic heterocycles. The van der Waals surface area contributed by atoms with Gasteiger partial charge in [-0.1, -0.05) is 6.92 Å². The van der Waals surface area contributed by atoms with Gasteiger partial charge < -0.3 is 11.5 Å². The van der Waals surface area contributed by atoms with Gasteiger partial charge in [-0.2, -0.15) is 0 Å². The van der Waals surface area contributed by atoms with Crippen LogP contribution in [0.4, 0.5) is 11.4 Å².